The van der Waals surface area contributed by atoms with Crippen molar-refractivity contribution in [3.63, 3.8) is 0 Å². The number of hydrogen-bond acceptors (Lipinski definition) is 3. The predicted molar refractivity (Wildman–Crippen MR) is 103 cm³/mol. The van der Waals surface area contributed by atoms with E-state index in [0.717, 1.165) is 37.1 Å². The molecule has 2 fully saturated rings. The molecule has 3 rings (SSSR count). The first-order chi connectivity index (χ1) is 11.5. The van der Waals surface area contributed by atoms with Gasteiger partial charge in [-0.15, -0.1) is 12.4 Å². The first kappa shape index (κ1) is 20.1. The van der Waals surface area contributed by atoms with Gasteiger partial charge in [0.1, 0.15) is 5.75 Å². The summed E-state index contributed by atoms with van der Waals surface area (Å²) in [5.74, 6) is 0.971. The molecule has 0 bridgehead atoms. The minimum Gasteiger partial charge on any atom is -0.490 e. The summed E-state index contributed by atoms with van der Waals surface area (Å²) in [6, 6.07) is 7.81. The highest BCUT2D eigenvalue weighted by atomic mass is 35.5. The minimum atomic E-state index is -0.0298. The number of rotatable bonds is 3. The molecule has 2 N–H and O–H groups in total. The number of nitrogens with two attached hydrogens (primary N) is 1. The fraction of sp³-hybridized carbons (Fsp3) is 0.650. The molecule has 1 aliphatic carbocycles. The van der Waals surface area contributed by atoms with E-state index in [0.29, 0.717) is 12.6 Å². The van der Waals surface area contributed by atoms with Crippen LogP contribution in [0.5, 0.6) is 5.75 Å². The van der Waals surface area contributed by atoms with Gasteiger partial charge in [0, 0.05) is 24.7 Å². The zero-order chi connectivity index (χ0) is 17.2. The molecule has 1 aromatic rings. The van der Waals surface area contributed by atoms with E-state index >= 15 is 0 Å². The lowest BCUT2D eigenvalue weighted by Gasteiger charge is -2.42. The van der Waals surface area contributed by atoms with Gasteiger partial charge in [0.15, 0.2) is 0 Å². The van der Waals surface area contributed by atoms with Crippen LogP contribution in [0.2, 0.25) is 0 Å². The molecule has 1 aliphatic heterocycles. The molecule has 1 heterocycles. The standard InChI is InChI=1S/C20H30N2O2.ClH/c1-20(2)14-22(13-12-18(20)21)19(23)15-8-10-17(11-9-15)24-16-6-4-3-5-7-16;/h8-11,16,18H,3-7,12-14,21H2,1-2H3;1H. The molecule has 0 radical (unpaired) electrons. The average molecular weight is 367 g/mol. The number of likely N-dealkylation sites (tertiary alicyclic amines) is 1. The third-order valence-corrected chi connectivity index (χ3v) is 5.56. The van der Waals surface area contributed by atoms with Crippen molar-refractivity contribution in [1.29, 1.82) is 0 Å². The van der Waals surface area contributed by atoms with Gasteiger partial charge in [-0.25, -0.2) is 0 Å². The molecule has 1 atom stereocenters. The van der Waals surface area contributed by atoms with Crippen molar-refractivity contribution in [2.75, 3.05) is 13.1 Å². The Morgan fingerprint density at radius 3 is 2.36 bits per heavy atom. The zero-order valence-electron chi connectivity index (χ0n) is 15.4. The van der Waals surface area contributed by atoms with Crippen molar-refractivity contribution >= 4 is 18.3 Å². The summed E-state index contributed by atoms with van der Waals surface area (Å²) in [5, 5.41) is 0. The van der Waals surface area contributed by atoms with E-state index < -0.39 is 0 Å². The second kappa shape index (κ2) is 8.41. The molecule has 0 spiro atoms. The lowest BCUT2D eigenvalue weighted by molar-refractivity contribution is 0.0533. The molecule has 1 saturated heterocycles. The number of benzene rings is 1. The monoisotopic (exact) mass is 366 g/mol. The van der Waals surface area contributed by atoms with Gasteiger partial charge in [-0.05, 0) is 61.8 Å². The average Bonchev–Trinajstić information content (AvgIpc) is 2.58. The molecule has 1 unspecified atom stereocenters. The molecular weight excluding hydrogens is 336 g/mol. The topological polar surface area (TPSA) is 55.6 Å². The molecule has 4 nitrogen and oxygen atoms in total. The van der Waals surface area contributed by atoms with Gasteiger partial charge in [-0.1, -0.05) is 20.3 Å². The van der Waals surface area contributed by atoms with E-state index in [1.54, 1.807) is 0 Å². The lowest BCUT2D eigenvalue weighted by Crippen LogP contribution is -2.53. The fourth-order valence-electron chi connectivity index (χ4n) is 3.78. The second-order valence-corrected chi connectivity index (χ2v) is 8.01. The molecule has 140 valence electrons. The van der Waals surface area contributed by atoms with Gasteiger partial charge in [0.2, 0.25) is 0 Å². The molecular formula is C20H31ClN2O2. The largest absolute Gasteiger partial charge is 0.490 e. The third kappa shape index (κ3) is 4.89. The quantitative estimate of drug-likeness (QED) is 0.878. The summed E-state index contributed by atoms with van der Waals surface area (Å²) in [6.07, 6.45) is 7.32. The van der Waals surface area contributed by atoms with Crippen LogP contribution < -0.4 is 10.5 Å². The summed E-state index contributed by atoms with van der Waals surface area (Å²) in [4.78, 5) is 14.7. The highest BCUT2D eigenvalue weighted by Gasteiger charge is 2.35. The van der Waals surface area contributed by atoms with Gasteiger partial charge in [-0.3, -0.25) is 4.79 Å². The Kier molecular flexibility index (Phi) is 6.75. The van der Waals surface area contributed by atoms with Crippen LogP contribution in [0, 0.1) is 5.41 Å². The first-order valence-corrected chi connectivity index (χ1v) is 9.27. The molecule has 2 aliphatic rings. The smallest absolute Gasteiger partial charge is 0.253 e. The molecule has 1 amide bonds. The molecule has 1 aromatic carbocycles. The number of nitrogens with zero attached hydrogens (tertiary/aromatic N) is 1. The Morgan fingerprint density at radius 2 is 1.76 bits per heavy atom. The van der Waals surface area contributed by atoms with Crippen molar-refractivity contribution in [1.82, 2.24) is 4.90 Å². The summed E-state index contributed by atoms with van der Waals surface area (Å²) < 4.78 is 6.04. The van der Waals surface area contributed by atoms with Crippen molar-refractivity contribution in [2.45, 2.75) is 64.5 Å². The van der Waals surface area contributed by atoms with Gasteiger partial charge in [-0.2, -0.15) is 0 Å². The van der Waals surface area contributed by atoms with Crippen LogP contribution in [0.1, 0.15) is 62.7 Å². The first-order valence-electron chi connectivity index (χ1n) is 9.27. The van der Waals surface area contributed by atoms with Crippen molar-refractivity contribution < 1.29 is 9.53 Å². The maximum Gasteiger partial charge on any atom is 0.253 e. The van der Waals surface area contributed by atoms with Crippen molar-refractivity contribution in [3.05, 3.63) is 29.8 Å². The second-order valence-electron chi connectivity index (χ2n) is 8.01. The van der Waals surface area contributed by atoms with Crippen LogP contribution in [0.3, 0.4) is 0 Å². The van der Waals surface area contributed by atoms with Crippen molar-refractivity contribution in [3.8, 4) is 5.75 Å². The number of halogens is 1. The Labute approximate surface area is 157 Å². The van der Waals surface area contributed by atoms with Gasteiger partial charge >= 0.3 is 0 Å². The summed E-state index contributed by atoms with van der Waals surface area (Å²) in [7, 11) is 0. The Hall–Kier alpha value is -1.26. The van der Waals surface area contributed by atoms with Crippen LogP contribution >= 0.6 is 12.4 Å². The summed E-state index contributed by atoms with van der Waals surface area (Å²) in [5.41, 5.74) is 6.87. The van der Waals surface area contributed by atoms with E-state index in [1.165, 1.54) is 19.3 Å². The number of piperidine rings is 1. The number of carbonyl (C=O) groups is 1. The highest BCUT2D eigenvalue weighted by Crippen LogP contribution is 2.29. The Bertz CT molecular complexity index is 568. The minimum absolute atomic E-state index is 0. The number of carbonyl (C=O) groups excluding carboxylic acids is 1. The van der Waals surface area contributed by atoms with Crippen molar-refractivity contribution in [2.24, 2.45) is 11.1 Å². The van der Waals surface area contributed by atoms with Crippen LogP contribution in [-0.4, -0.2) is 36.0 Å². The van der Waals surface area contributed by atoms with E-state index in [1.807, 2.05) is 29.2 Å². The van der Waals surface area contributed by atoms with Crippen LogP contribution in [0.25, 0.3) is 0 Å². The van der Waals surface area contributed by atoms with E-state index in [9.17, 15) is 4.79 Å². The van der Waals surface area contributed by atoms with E-state index in [4.69, 9.17) is 10.5 Å². The number of amides is 1. The molecule has 1 saturated carbocycles. The van der Waals surface area contributed by atoms with E-state index in [2.05, 4.69) is 13.8 Å². The predicted octanol–water partition coefficient (Wildman–Crippen LogP) is 4.02. The molecule has 5 heteroatoms. The van der Waals surface area contributed by atoms with Gasteiger partial charge < -0.3 is 15.4 Å². The summed E-state index contributed by atoms with van der Waals surface area (Å²) in [6.45, 7) is 5.73. The maximum atomic E-state index is 12.7. The molecule has 25 heavy (non-hydrogen) atoms. The maximum absolute atomic E-state index is 12.7. The van der Waals surface area contributed by atoms with Gasteiger partial charge in [0.25, 0.3) is 5.91 Å². The number of hydrogen-bond donors (Lipinski definition) is 1. The lowest BCUT2D eigenvalue weighted by atomic mass is 9.79. The van der Waals surface area contributed by atoms with Gasteiger partial charge in [0.05, 0.1) is 6.10 Å². The van der Waals surface area contributed by atoms with Crippen LogP contribution in [0.4, 0.5) is 0 Å². The zero-order valence-corrected chi connectivity index (χ0v) is 16.2. The fourth-order valence-corrected chi connectivity index (χ4v) is 3.78. The molecule has 0 aromatic heterocycles. The summed E-state index contributed by atoms with van der Waals surface area (Å²) >= 11 is 0. The Morgan fingerprint density at radius 1 is 1.12 bits per heavy atom. The van der Waals surface area contributed by atoms with Crippen LogP contribution in [0.15, 0.2) is 24.3 Å². The van der Waals surface area contributed by atoms with Crippen LogP contribution in [-0.2, 0) is 0 Å². The van der Waals surface area contributed by atoms with E-state index in [-0.39, 0.29) is 29.8 Å². The SMILES string of the molecule is CC1(C)CN(C(=O)c2ccc(OC3CCCCC3)cc2)CCC1N.Cl. The Balaban J connectivity index is 0.00000225. The third-order valence-electron chi connectivity index (χ3n) is 5.56. The number of ether oxygens (including phenoxy) is 1. The highest BCUT2D eigenvalue weighted by molar-refractivity contribution is 5.94. The normalized spacial score (nSPS) is 23.6.